The van der Waals surface area contributed by atoms with Crippen LogP contribution in [0.3, 0.4) is 0 Å². The summed E-state index contributed by atoms with van der Waals surface area (Å²) in [6.45, 7) is 3.49. The zero-order valence-corrected chi connectivity index (χ0v) is 14.5. The third-order valence-electron chi connectivity index (χ3n) is 3.90. The summed E-state index contributed by atoms with van der Waals surface area (Å²) in [7, 11) is -5.48. The number of rotatable bonds is 5. The van der Waals surface area contributed by atoms with Crippen molar-refractivity contribution in [1.82, 2.24) is 4.31 Å². The summed E-state index contributed by atoms with van der Waals surface area (Å²) in [5, 5.41) is 0. The first-order valence-corrected chi connectivity index (χ1v) is 9.05. The number of alkyl halides is 3. The molecule has 25 heavy (non-hydrogen) atoms. The number of carbonyl (C=O) groups is 1. The van der Waals surface area contributed by atoms with Crippen molar-refractivity contribution in [3.05, 3.63) is 60.4 Å². The lowest BCUT2D eigenvalue weighted by Gasteiger charge is -2.28. The maximum Gasteiger partial charge on any atom is 0.517 e. The van der Waals surface area contributed by atoms with Crippen molar-refractivity contribution in [3.8, 4) is 0 Å². The third-order valence-corrected chi connectivity index (χ3v) is 5.28. The molecule has 1 aliphatic rings. The van der Waals surface area contributed by atoms with Gasteiger partial charge in [-0.25, -0.2) is 4.31 Å². The van der Waals surface area contributed by atoms with Gasteiger partial charge in [-0.2, -0.15) is 21.6 Å². The van der Waals surface area contributed by atoms with Crippen LogP contribution in [0.1, 0.15) is 25.3 Å². The second kappa shape index (κ2) is 7.03. The quantitative estimate of drug-likeness (QED) is 0.789. The summed E-state index contributed by atoms with van der Waals surface area (Å²) in [5.74, 6) is -1.47. The molecule has 1 atom stereocenters. The van der Waals surface area contributed by atoms with E-state index >= 15 is 0 Å². The lowest BCUT2D eigenvalue weighted by atomic mass is 9.79. The smallest absolute Gasteiger partial charge is 0.299 e. The molecule has 1 aliphatic heterocycles. The number of Topliss-reactive ketones (excluding diaryl/α,β-unsaturated/α-hetero) is 1. The number of benzene rings is 1. The average Bonchev–Trinajstić information content (AvgIpc) is 2.55. The van der Waals surface area contributed by atoms with E-state index in [4.69, 9.17) is 0 Å². The van der Waals surface area contributed by atoms with Crippen LogP contribution in [-0.4, -0.2) is 24.0 Å². The summed E-state index contributed by atoms with van der Waals surface area (Å²) in [6, 6.07) is 8.88. The van der Waals surface area contributed by atoms with Gasteiger partial charge in [0.25, 0.3) is 0 Å². The zero-order chi connectivity index (χ0) is 18.8. The molecule has 1 heterocycles. The van der Waals surface area contributed by atoms with Crippen molar-refractivity contribution < 1.29 is 26.4 Å². The van der Waals surface area contributed by atoms with Gasteiger partial charge in [-0.1, -0.05) is 56.3 Å². The van der Waals surface area contributed by atoms with Crippen LogP contribution in [0.4, 0.5) is 13.2 Å². The maximum absolute atomic E-state index is 12.6. The molecule has 0 bridgehead atoms. The zero-order valence-electron chi connectivity index (χ0n) is 13.6. The fraction of sp³-hybridized carbons (Fsp3) is 0.353. The molecule has 136 valence electrons. The van der Waals surface area contributed by atoms with Crippen LogP contribution in [-0.2, 0) is 14.8 Å². The van der Waals surface area contributed by atoms with E-state index in [1.807, 2.05) is 0 Å². The normalized spacial score (nSPS) is 17.1. The minimum Gasteiger partial charge on any atom is -0.299 e. The SMILES string of the molecule is CC(C)C(=O)C(c1ccccc1)C1C=CN(S(=O)(=O)C(F)(F)F)C=C1. The largest absolute Gasteiger partial charge is 0.517 e. The standard InChI is InChI=1S/C17H18F3NO3S/c1-12(2)16(22)15(13-6-4-3-5-7-13)14-8-10-21(11-9-14)25(23,24)17(18,19)20/h3-12,14-15H,1-2H3. The third kappa shape index (κ3) is 3.95. The molecule has 0 saturated heterocycles. The topological polar surface area (TPSA) is 54.5 Å². The van der Waals surface area contributed by atoms with E-state index in [1.165, 1.54) is 12.2 Å². The Hall–Kier alpha value is -2.09. The van der Waals surface area contributed by atoms with Crippen molar-refractivity contribution in [1.29, 1.82) is 0 Å². The van der Waals surface area contributed by atoms with Gasteiger partial charge in [-0.05, 0) is 5.56 Å². The van der Waals surface area contributed by atoms with Crippen LogP contribution in [0, 0.1) is 11.8 Å². The second-order valence-corrected chi connectivity index (χ2v) is 7.82. The first kappa shape index (κ1) is 19.2. The van der Waals surface area contributed by atoms with Crippen LogP contribution in [0.25, 0.3) is 0 Å². The minimum absolute atomic E-state index is 0.0716. The number of allylic oxidation sites excluding steroid dienone is 2. The highest BCUT2D eigenvalue weighted by atomic mass is 32.2. The van der Waals surface area contributed by atoms with Crippen LogP contribution in [0.5, 0.6) is 0 Å². The first-order valence-electron chi connectivity index (χ1n) is 7.61. The number of ketones is 1. The molecule has 1 aromatic rings. The molecule has 4 nitrogen and oxygen atoms in total. The molecule has 0 N–H and O–H groups in total. The first-order chi connectivity index (χ1) is 11.6. The molecule has 0 radical (unpaired) electrons. The Balaban J connectivity index is 2.33. The van der Waals surface area contributed by atoms with Crippen molar-refractivity contribution in [3.63, 3.8) is 0 Å². The van der Waals surface area contributed by atoms with Gasteiger partial charge in [0.1, 0.15) is 5.78 Å². The van der Waals surface area contributed by atoms with Crippen molar-refractivity contribution in [2.45, 2.75) is 25.3 Å². The van der Waals surface area contributed by atoms with Gasteiger partial charge in [0.15, 0.2) is 0 Å². The molecule has 0 saturated carbocycles. The molecular formula is C17H18F3NO3S. The van der Waals surface area contributed by atoms with Crippen LogP contribution >= 0.6 is 0 Å². The van der Waals surface area contributed by atoms with Crippen molar-refractivity contribution >= 4 is 15.8 Å². The van der Waals surface area contributed by atoms with Crippen LogP contribution in [0.2, 0.25) is 0 Å². The summed E-state index contributed by atoms with van der Waals surface area (Å²) in [5.41, 5.74) is -4.66. The Morgan fingerprint density at radius 2 is 1.60 bits per heavy atom. The second-order valence-electron chi connectivity index (χ2n) is 5.99. The number of sulfonamides is 1. The molecule has 1 aromatic carbocycles. The molecule has 0 aliphatic carbocycles. The molecule has 0 amide bonds. The predicted octanol–water partition coefficient (Wildman–Crippen LogP) is 3.80. The highest BCUT2D eigenvalue weighted by Crippen LogP contribution is 2.34. The van der Waals surface area contributed by atoms with Crippen LogP contribution in [0.15, 0.2) is 54.9 Å². The van der Waals surface area contributed by atoms with Gasteiger partial charge in [0, 0.05) is 24.2 Å². The van der Waals surface area contributed by atoms with E-state index < -0.39 is 27.4 Å². The van der Waals surface area contributed by atoms with Gasteiger partial charge >= 0.3 is 15.5 Å². The Morgan fingerprint density at radius 3 is 2.04 bits per heavy atom. The monoisotopic (exact) mass is 373 g/mol. The molecular weight excluding hydrogens is 355 g/mol. The predicted molar refractivity (Wildman–Crippen MR) is 87.6 cm³/mol. The Morgan fingerprint density at radius 1 is 1.08 bits per heavy atom. The van der Waals surface area contributed by atoms with E-state index in [0.717, 1.165) is 18.0 Å². The fourth-order valence-corrected chi connectivity index (χ4v) is 3.28. The number of halogens is 3. The molecule has 0 fully saturated rings. The molecule has 2 rings (SSSR count). The van der Waals surface area contributed by atoms with E-state index in [9.17, 15) is 26.4 Å². The van der Waals surface area contributed by atoms with E-state index in [2.05, 4.69) is 0 Å². The molecule has 1 unspecified atom stereocenters. The van der Waals surface area contributed by atoms with Crippen molar-refractivity contribution in [2.75, 3.05) is 0 Å². The van der Waals surface area contributed by atoms with Gasteiger partial charge < -0.3 is 0 Å². The van der Waals surface area contributed by atoms with Gasteiger partial charge in [0.2, 0.25) is 0 Å². The average molecular weight is 373 g/mol. The number of carbonyl (C=O) groups excluding carboxylic acids is 1. The number of hydrogen-bond acceptors (Lipinski definition) is 3. The maximum atomic E-state index is 12.6. The van der Waals surface area contributed by atoms with Gasteiger partial charge in [-0.15, -0.1) is 0 Å². The summed E-state index contributed by atoms with van der Waals surface area (Å²) < 4.78 is 60.8. The van der Waals surface area contributed by atoms with Gasteiger partial charge in [-0.3, -0.25) is 4.79 Å². The molecule has 8 heteroatoms. The highest BCUT2D eigenvalue weighted by molar-refractivity contribution is 7.90. The Bertz CT molecular complexity index is 769. The summed E-state index contributed by atoms with van der Waals surface area (Å²) in [4.78, 5) is 12.6. The van der Waals surface area contributed by atoms with Gasteiger partial charge in [0.05, 0.1) is 5.92 Å². The van der Waals surface area contributed by atoms with Crippen LogP contribution < -0.4 is 0 Å². The molecule has 0 aromatic heterocycles. The van der Waals surface area contributed by atoms with E-state index in [1.54, 1.807) is 44.2 Å². The number of nitrogens with zero attached hydrogens (tertiary/aromatic N) is 1. The van der Waals surface area contributed by atoms with E-state index in [-0.39, 0.29) is 16.0 Å². The Labute approximate surface area is 144 Å². The summed E-state index contributed by atoms with van der Waals surface area (Å²) >= 11 is 0. The highest BCUT2D eigenvalue weighted by Gasteiger charge is 2.49. The fourth-order valence-electron chi connectivity index (χ4n) is 2.58. The number of hydrogen-bond donors (Lipinski definition) is 0. The minimum atomic E-state index is -5.48. The lowest BCUT2D eigenvalue weighted by Crippen LogP contribution is -2.36. The van der Waals surface area contributed by atoms with Crippen molar-refractivity contribution in [2.24, 2.45) is 11.8 Å². The molecule has 0 spiro atoms. The van der Waals surface area contributed by atoms with E-state index in [0.29, 0.717) is 0 Å². The Kier molecular flexibility index (Phi) is 5.41. The summed E-state index contributed by atoms with van der Waals surface area (Å²) in [6.07, 6.45) is 4.30. The lowest BCUT2D eigenvalue weighted by molar-refractivity contribution is -0.123.